The van der Waals surface area contributed by atoms with E-state index in [0.717, 1.165) is 35.4 Å². The molecule has 208 valence electrons. The van der Waals surface area contributed by atoms with Crippen molar-refractivity contribution in [2.45, 2.75) is 59.0 Å². The van der Waals surface area contributed by atoms with Gasteiger partial charge in [-0.25, -0.2) is 4.39 Å². The Balaban J connectivity index is 1.62. The maximum Gasteiger partial charge on any atom is 0.306 e. The van der Waals surface area contributed by atoms with Gasteiger partial charge >= 0.3 is 5.97 Å². The van der Waals surface area contributed by atoms with Crippen LogP contribution in [0.15, 0.2) is 48.5 Å². The quantitative estimate of drug-likeness (QED) is 0.243. The van der Waals surface area contributed by atoms with Crippen molar-refractivity contribution in [3.63, 3.8) is 0 Å². The number of carbonyl (C=O) groups is 1. The lowest BCUT2D eigenvalue weighted by Crippen LogP contribution is -2.13. The molecule has 1 aliphatic rings. The maximum absolute atomic E-state index is 14.9. The second-order valence-electron chi connectivity index (χ2n) is 11.3. The van der Waals surface area contributed by atoms with Crippen molar-refractivity contribution >= 4 is 5.97 Å². The van der Waals surface area contributed by atoms with Crippen molar-refractivity contribution in [1.29, 1.82) is 0 Å². The van der Waals surface area contributed by atoms with Gasteiger partial charge in [0.05, 0.1) is 33.4 Å². The van der Waals surface area contributed by atoms with Gasteiger partial charge in [0.1, 0.15) is 18.2 Å². The first-order valence-electron chi connectivity index (χ1n) is 13.3. The molecule has 1 heterocycles. The molecule has 4 rings (SSSR count). The number of hydrogen-bond acceptors (Lipinski definition) is 6. The van der Waals surface area contributed by atoms with Crippen molar-refractivity contribution in [2.24, 2.45) is 11.3 Å². The highest BCUT2D eigenvalue weighted by Crippen LogP contribution is 2.46. The van der Waals surface area contributed by atoms with Gasteiger partial charge in [-0.1, -0.05) is 32.9 Å². The number of aromatic nitrogens is 1. The highest BCUT2D eigenvalue weighted by Gasteiger charge is 2.34. The third-order valence-corrected chi connectivity index (χ3v) is 6.99. The Morgan fingerprint density at radius 2 is 1.74 bits per heavy atom. The van der Waals surface area contributed by atoms with Crippen molar-refractivity contribution in [3.05, 3.63) is 71.3 Å². The molecule has 0 bridgehead atoms. The summed E-state index contributed by atoms with van der Waals surface area (Å²) in [5.41, 5.74) is 3.68. The summed E-state index contributed by atoms with van der Waals surface area (Å²) >= 11 is 0. The largest absolute Gasteiger partial charge is 0.497 e. The van der Waals surface area contributed by atoms with Crippen LogP contribution in [0.5, 0.6) is 17.2 Å². The van der Waals surface area contributed by atoms with Gasteiger partial charge in [-0.15, -0.1) is 0 Å². The fourth-order valence-electron chi connectivity index (χ4n) is 4.85. The minimum absolute atomic E-state index is 0.0639. The van der Waals surface area contributed by atoms with E-state index in [1.54, 1.807) is 26.4 Å². The van der Waals surface area contributed by atoms with Crippen LogP contribution in [0.25, 0.3) is 11.1 Å². The van der Waals surface area contributed by atoms with Crippen LogP contribution in [-0.4, -0.2) is 32.3 Å². The van der Waals surface area contributed by atoms with E-state index in [4.69, 9.17) is 23.9 Å². The third kappa shape index (κ3) is 7.28. The Morgan fingerprint density at radius 3 is 2.38 bits per heavy atom. The summed E-state index contributed by atoms with van der Waals surface area (Å²) < 4.78 is 36.9. The molecule has 1 aliphatic carbocycles. The fourth-order valence-corrected chi connectivity index (χ4v) is 4.85. The first-order valence-corrected chi connectivity index (χ1v) is 13.3. The molecule has 6 nitrogen and oxygen atoms in total. The Bertz CT molecular complexity index is 1310. The van der Waals surface area contributed by atoms with Crippen LogP contribution in [0.4, 0.5) is 4.39 Å². The zero-order valence-corrected chi connectivity index (χ0v) is 23.7. The van der Waals surface area contributed by atoms with E-state index in [-0.39, 0.29) is 29.7 Å². The van der Waals surface area contributed by atoms with Gasteiger partial charge in [-0.2, -0.15) is 0 Å². The predicted molar refractivity (Wildman–Crippen MR) is 149 cm³/mol. The molecule has 7 heteroatoms. The van der Waals surface area contributed by atoms with Crippen molar-refractivity contribution in [2.75, 3.05) is 21.3 Å². The fraction of sp³-hybridized carbons (Fsp3) is 0.438. The molecule has 3 aromatic rings. The van der Waals surface area contributed by atoms with Gasteiger partial charge in [0.25, 0.3) is 0 Å². The van der Waals surface area contributed by atoms with Crippen LogP contribution in [0.3, 0.4) is 0 Å². The average molecular weight is 536 g/mol. The van der Waals surface area contributed by atoms with E-state index in [0.29, 0.717) is 41.6 Å². The smallest absolute Gasteiger partial charge is 0.306 e. The van der Waals surface area contributed by atoms with E-state index in [9.17, 15) is 9.18 Å². The van der Waals surface area contributed by atoms with Gasteiger partial charge in [0.15, 0.2) is 11.5 Å². The summed E-state index contributed by atoms with van der Waals surface area (Å²) in [5.74, 6) is 1.80. The number of esters is 1. The van der Waals surface area contributed by atoms with Crippen molar-refractivity contribution < 1.29 is 28.1 Å². The summed E-state index contributed by atoms with van der Waals surface area (Å²) in [6.45, 7) is 6.60. The summed E-state index contributed by atoms with van der Waals surface area (Å²) in [6, 6.07) is 14.3. The van der Waals surface area contributed by atoms with Crippen LogP contribution in [0.1, 0.15) is 62.9 Å². The highest BCUT2D eigenvalue weighted by atomic mass is 19.1. The monoisotopic (exact) mass is 535 g/mol. The van der Waals surface area contributed by atoms with E-state index in [1.165, 1.54) is 13.2 Å². The molecule has 2 aromatic carbocycles. The zero-order valence-electron chi connectivity index (χ0n) is 23.7. The molecule has 0 saturated heterocycles. The summed E-state index contributed by atoms with van der Waals surface area (Å²) in [6.07, 6.45) is 3.20. The van der Waals surface area contributed by atoms with Crippen molar-refractivity contribution in [3.8, 4) is 28.4 Å². The number of rotatable bonds is 11. The second kappa shape index (κ2) is 12.1. The SMILES string of the molecule is COC(=O)CC(c1ccc(OC)c(OCc2ccc(-c3cc(OC)ccc3F)c(CC(C)(C)C)n2)c1)C1CC1. The average Bonchev–Trinajstić information content (AvgIpc) is 3.75. The molecule has 1 unspecified atom stereocenters. The Labute approximate surface area is 230 Å². The third-order valence-electron chi connectivity index (χ3n) is 6.99. The predicted octanol–water partition coefficient (Wildman–Crippen LogP) is 7.13. The molecule has 1 fully saturated rings. The standard InChI is InChI=1S/C32H38FNO5/c1-32(2,3)18-28-24(26-16-23(36-4)11-13-27(26)33)12-10-22(34-28)19-39-30-15-21(9-14-29(30)37-5)25(20-7-8-20)17-31(35)38-6/h9-16,20,25H,7-8,17-19H2,1-6H3. The lowest BCUT2D eigenvalue weighted by molar-refractivity contribution is -0.141. The Kier molecular flexibility index (Phi) is 8.78. The van der Waals surface area contributed by atoms with Crippen LogP contribution in [0.2, 0.25) is 0 Å². The van der Waals surface area contributed by atoms with E-state index in [1.807, 2.05) is 30.3 Å². The molecule has 1 aromatic heterocycles. The normalized spacial score (nSPS) is 14.0. The molecule has 0 radical (unpaired) electrons. The minimum Gasteiger partial charge on any atom is -0.497 e. The number of nitrogens with zero attached hydrogens (tertiary/aromatic N) is 1. The first-order chi connectivity index (χ1) is 18.6. The van der Waals surface area contributed by atoms with Gasteiger partial charge in [0.2, 0.25) is 0 Å². The number of pyridine rings is 1. The lowest BCUT2D eigenvalue weighted by atomic mass is 9.87. The number of carbonyl (C=O) groups excluding carboxylic acids is 1. The van der Waals surface area contributed by atoms with Crippen LogP contribution >= 0.6 is 0 Å². The van der Waals surface area contributed by atoms with Gasteiger partial charge in [-0.3, -0.25) is 9.78 Å². The number of benzene rings is 2. The van der Waals surface area contributed by atoms with E-state index >= 15 is 0 Å². The number of ether oxygens (including phenoxy) is 4. The molecular formula is C32H38FNO5. The molecule has 0 aliphatic heterocycles. The summed E-state index contributed by atoms with van der Waals surface area (Å²) in [7, 11) is 4.59. The highest BCUT2D eigenvalue weighted by molar-refractivity contribution is 5.71. The second-order valence-corrected chi connectivity index (χ2v) is 11.3. The first kappa shape index (κ1) is 28.4. The van der Waals surface area contributed by atoms with Crippen LogP contribution in [0, 0.1) is 17.2 Å². The molecule has 39 heavy (non-hydrogen) atoms. The van der Waals surface area contributed by atoms with Crippen LogP contribution in [-0.2, 0) is 22.6 Å². The molecule has 0 amide bonds. The molecular weight excluding hydrogens is 497 g/mol. The lowest BCUT2D eigenvalue weighted by Gasteiger charge is -2.21. The topological polar surface area (TPSA) is 66.9 Å². The molecule has 1 atom stereocenters. The zero-order chi connectivity index (χ0) is 28.2. The maximum atomic E-state index is 14.9. The Morgan fingerprint density at radius 1 is 0.974 bits per heavy atom. The minimum atomic E-state index is -0.324. The molecule has 1 saturated carbocycles. The molecule has 0 N–H and O–H groups in total. The van der Waals surface area contributed by atoms with Gasteiger partial charge in [-0.05, 0) is 78.5 Å². The van der Waals surface area contributed by atoms with Crippen LogP contribution < -0.4 is 14.2 Å². The van der Waals surface area contributed by atoms with Gasteiger partial charge in [0, 0.05) is 16.8 Å². The number of halogens is 1. The summed E-state index contributed by atoms with van der Waals surface area (Å²) in [5, 5.41) is 0. The summed E-state index contributed by atoms with van der Waals surface area (Å²) in [4.78, 5) is 17.0. The molecule has 0 spiro atoms. The van der Waals surface area contributed by atoms with E-state index in [2.05, 4.69) is 20.8 Å². The number of methoxy groups -OCH3 is 3. The Hall–Kier alpha value is -3.61. The van der Waals surface area contributed by atoms with Gasteiger partial charge < -0.3 is 18.9 Å². The van der Waals surface area contributed by atoms with Crippen molar-refractivity contribution in [1.82, 2.24) is 4.98 Å². The number of hydrogen-bond donors (Lipinski definition) is 0. The van der Waals surface area contributed by atoms with E-state index < -0.39 is 0 Å².